The van der Waals surface area contributed by atoms with Crippen molar-refractivity contribution in [3.05, 3.63) is 29.5 Å². The van der Waals surface area contributed by atoms with Crippen LogP contribution in [0.15, 0.2) is 22.7 Å². The van der Waals surface area contributed by atoms with Crippen LogP contribution in [0.2, 0.25) is 0 Å². The summed E-state index contributed by atoms with van der Waals surface area (Å²) >= 11 is 0. The molecule has 0 bridgehead atoms. The predicted molar refractivity (Wildman–Crippen MR) is 74.2 cm³/mol. The molecule has 2 N–H and O–H groups in total. The van der Waals surface area contributed by atoms with Gasteiger partial charge in [0.15, 0.2) is 0 Å². The Balaban J connectivity index is 2.08. The first-order chi connectivity index (χ1) is 9.20. The van der Waals surface area contributed by atoms with Crippen molar-refractivity contribution >= 4 is 5.88 Å². The Morgan fingerprint density at radius 2 is 2.16 bits per heavy atom. The van der Waals surface area contributed by atoms with E-state index in [1.165, 1.54) is 19.3 Å². The fourth-order valence-electron chi connectivity index (χ4n) is 2.54. The molecule has 1 aliphatic rings. The number of methoxy groups -OCH3 is 1. The SMILES string of the molecule is COc1cc(-c2c(C3CCC3)noc2N)ccc1C. The van der Waals surface area contributed by atoms with Crippen LogP contribution in [-0.2, 0) is 0 Å². The molecule has 4 nitrogen and oxygen atoms in total. The number of benzene rings is 1. The Morgan fingerprint density at radius 1 is 1.37 bits per heavy atom. The standard InChI is InChI=1S/C15H18N2O2/c1-9-6-7-11(8-12(9)18-2)13-14(10-4-3-5-10)17-19-15(13)16/h6-8,10H,3-5,16H2,1-2H3. The number of rotatable bonds is 3. The van der Waals surface area contributed by atoms with E-state index in [1.807, 2.05) is 25.1 Å². The molecule has 1 aliphatic carbocycles. The van der Waals surface area contributed by atoms with Gasteiger partial charge in [-0.05, 0) is 37.0 Å². The Hall–Kier alpha value is -1.97. The maximum atomic E-state index is 5.95. The normalized spacial score (nSPS) is 15.3. The van der Waals surface area contributed by atoms with Gasteiger partial charge in [-0.2, -0.15) is 0 Å². The smallest absolute Gasteiger partial charge is 0.230 e. The summed E-state index contributed by atoms with van der Waals surface area (Å²) in [6.07, 6.45) is 3.60. The third-order valence-electron chi connectivity index (χ3n) is 3.93. The van der Waals surface area contributed by atoms with E-state index in [1.54, 1.807) is 7.11 Å². The third kappa shape index (κ3) is 1.97. The zero-order valence-corrected chi connectivity index (χ0v) is 11.3. The number of hydrogen-bond acceptors (Lipinski definition) is 4. The molecule has 0 atom stereocenters. The highest BCUT2D eigenvalue weighted by Crippen LogP contribution is 2.43. The van der Waals surface area contributed by atoms with Crippen LogP contribution in [0.1, 0.15) is 36.4 Å². The van der Waals surface area contributed by atoms with Crippen molar-refractivity contribution in [2.75, 3.05) is 12.8 Å². The van der Waals surface area contributed by atoms with Crippen LogP contribution >= 0.6 is 0 Å². The summed E-state index contributed by atoms with van der Waals surface area (Å²) in [5.74, 6) is 1.74. The molecular weight excluding hydrogens is 240 g/mol. The van der Waals surface area contributed by atoms with Crippen LogP contribution < -0.4 is 10.5 Å². The summed E-state index contributed by atoms with van der Waals surface area (Å²) in [5.41, 5.74) is 10.00. The van der Waals surface area contributed by atoms with Crippen LogP contribution in [0.5, 0.6) is 5.75 Å². The van der Waals surface area contributed by atoms with E-state index in [0.717, 1.165) is 28.1 Å². The van der Waals surface area contributed by atoms with Gasteiger partial charge in [-0.15, -0.1) is 0 Å². The Kier molecular flexibility index (Phi) is 2.93. The van der Waals surface area contributed by atoms with E-state index in [2.05, 4.69) is 5.16 Å². The maximum absolute atomic E-state index is 5.95. The highest BCUT2D eigenvalue weighted by atomic mass is 16.5. The first kappa shape index (κ1) is 12.1. The molecule has 1 fully saturated rings. The molecule has 19 heavy (non-hydrogen) atoms. The number of nitrogens with two attached hydrogens (primary N) is 1. The van der Waals surface area contributed by atoms with Crippen molar-refractivity contribution in [2.45, 2.75) is 32.1 Å². The molecule has 0 radical (unpaired) electrons. The zero-order valence-electron chi connectivity index (χ0n) is 11.3. The predicted octanol–water partition coefficient (Wildman–Crippen LogP) is 3.51. The molecule has 0 saturated heterocycles. The molecule has 1 aromatic heterocycles. The molecule has 3 rings (SSSR count). The second kappa shape index (κ2) is 4.61. The van der Waals surface area contributed by atoms with Gasteiger partial charge in [-0.1, -0.05) is 23.7 Å². The fraction of sp³-hybridized carbons (Fsp3) is 0.400. The quantitative estimate of drug-likeness (QED) is 0.915. The minimum Gasteiger partial charge on any atom is -0.496 e. The molecule has 1 heterocycles. The zero-order chi connectivity index (χ0) is 13.4. The molecule has 100 valence electrons. The lowest BCUT2D eigenvalue weighted by Gasteiger charge is -2.24. The van der Waals surface area contributed by atoms with E-state index in [9.17, 15) is 0 Å². The van der Waals surface area contributed by atoms with Crippen molar-refractivity contribution in [1.29, 1.82) is 0 Å². The van der Waals surface area contributed by atoms with Gasteiger partial charge in [0.1, 0.15) is 5.75 Å². The van der Waals surface area contributed by atoms with Gasteiger partial charge < -0.3 is 15.0 Å². The van der Waals surface area contributed by atoms with Crippen molar-refractivity contribution in [2.24, 2.45) is 0 Å². The van der Waals surface area contributed by atoms with E-state index in [-0.39, 0.29) is 0 Å². The first-order valence-corrected chi connectivity index (χ1v) is 6.60. The minimum absolute atomic E-state index is 0.396. The minimum atomic E-state index is 0.396. The molecule has 0 spiro atoms. The van der Waals surface area contributed by atoms with Gasteiger partial charge in [0, 0.05) is 5.92 Å². The van der Waals surface area contributed by atoms with Crippen LogP contribution in [0.4, 0.5) is 5.88 Å². The molecule has 0 unspecified atom stereocenters. The van der Waals surface area contributed by atoms with E-state index >= 15 is 0 Å². The molecule has 0 aliphatic heterocycles. The molecule has 1 aromatic carbocycles. The summed E-state index contributed by atoms with van der Waals surface area (Å²) in [6.45, 7) is 2.02. The van der Waals surface area contributed by atoms with Gasteiger partial charge >= 0.3 is 0 Å². The van der Waals surface area contributed by atoms with E-state index in [0.29, 0.717) is 11.8 Å². The summed E-state index contributed by atoms with van der Waals surface area (Å²) < 4.78 is 10.6. The lowest BCUT2D eigenvalue weighted by atomic mass is 9.80. The van der Waals surface area contributed by atoms with E-state index in [4.69, 9.17) is 15.0 Å². The number of ether oxygens (including phenoxy) is 1. The molecule has 1 saturated carbocycles. The van der Waals surface area contributed by atoms with Crippen molar-refractivity contribution in [3.63, 3.8) is 0 Å². The Morgan fingerprint density at radius 3 is 2.79 bits per heavy atom. The second-order valence-electron chi connectivity index (χ2n) is 5.12. The Labute approximate surface area is 112 Å². The highest BCUT2D eigenvalue weighted by Gasteiger charge is 2.28. The number of nitrogens with zero attached hydrogens (tertiary/aromatic N) is 1. The summed E-state index contributed by atoms with van der Waals surface area (Å²) in [7, 11) is 1.68. The molecule has 0 amide bonds. The number of nitrogen functional groups attached to an aromatic ring is 1. The summed E-state index contributed by atoms with van der Waals surface area (Å²) in [5, 5.41) is 4.15. The highest BCUT2D eigenvalue weighted by molar-refractivity contribution is 5.77. The number of aryl methyl sites for hydroxylation is 1. The summed E-state index contributed by atoms with van der Waals surface area (Å²) in [4.78, 5) is 0. The number of aromatic nitrogens is 1. The molecule has 2 aromatic rings. The molecular formula is C15H18N2O2. The largest absolute Gasteiger partial charge is 0.496 e. The monoisotopic (exact) mass is 258 g/mol. The van der Waals surface area contributed by atoms with Gasteiger partial charge in [0.05, 0.1) is 18.4 Å². The fourth-order valence-corrected chi connectivity index (χ4v) is 2.54. The van der Waals surface area contributed by atoms with Crippen molar-refractivity contribution in [1.82, 2.24) is 5.16 Å². The van der Waals surface area contributed by atoms with Gasteiger partial charge in [0.25, 0.3) is 0 Å². The first-order valence-electron chi connectivity index (χ1n) is 6.60. The Bertz CT molecular complexity index is 600. The van der Waals surface area contributed by atoms with Crippen molar-refractivity contribution < 1.29 is 9.26 Å². The van der Waals surface area contributed by atoms with Gasteiger partial charge in [-0.3, -0.25) is 0 Å². The summed E-state index contributed by atoms with van der Waals surface area (Å²) in [6, 6.07) is 6.08. The average molecular weight is 258 g/mol. The lowest BCUT2D eigenvalue weighted by molar-refractivity contribution is 0.369. The lowest BCUT2D eigenvalue weighted by Crippen LogP contribution is -2.10. The van der Waals surface area contributed by atoms with Gasteiger partial charge in [0.2, 0.25) is 5.88 Å². The van der Waals surface area contributed by atoms with Gasteiger partial charge in [-0.25, -0.2) is 0 Å². The van der Waals surface area contributed by atoms with Crippen LogP contribution in [0.3, 0.4) is 0 Å². The number of hydrogen-bond donors (Lipinski definition) is 1. The average Bonchev–Trinajstić information content (AvgIpc) is 2.70. The topological polar surface area (TPSA) is 61.3 Å². The van der Waals surface area contributed by atoms with Crippen LogP contribution in [-0.4, -0.2) is 12.3 Å². The number of anilines is 1. The van der Waals surface area contributed by atoms with Crippen molar-refractivity contribution in [3.8, 4) is 16.9 Å². The molecule has 4 heteroatoms. The van der Waals surface area contributed by atoms with Crippen LogP contribution in [0, 0.1) is 6.92 Å². The second-order valence-corrected chi connectivity index (χ2v) is 5.12. The van der Waals surface area contributed by atoms with Crippen LogP contribution in [0.25, 0.3) is 11.1 Å². The third-order valence-corrected chi connectivity index (χ3v) is 3.93. The maximum Gasteiger partial charge on any atom is 0.230 e. The van der Waals surface area contributed by atoms with E-state index < -0.39 is 0 Å².